The molecule has 0 radical (unpaired) electrons. The molecule has 6 nitrogen and oxygen atoms in total. The molecule has 3 rings (SSSR count). The van der Waals surface area contributed by atoms with Crippen molar-refractivity contribution < 1.29 is 9.53 Å². The lowest BCUT2D eigenvalue weighted by molar-refractivity contribution is -0.150. The molecule has 128 valence electrons. The Labute approximate surface area is 141 Å². The Balaban J connectivity index is 1.76. The summed E-state index contributed by atoms with van der Waals surface area (Å²) < 4.78 is 6.70. The summed E-state index contributed by atoms with van der Waals surface area (Å²) in [5.74, 6) is -0.202. The van der Waals surface area contributed by atoms with Gasteiger partial charge in [-0.2, -0.15) is 0 Å². The highest BCUT2D eigenvalue weighted by Gasteiger charge is 2.27. The van der Waals surface area contributed by atoms with Crippen molar-refractivity contribution in [2.75, 3.05) is 19.7 Å². The van der Waals surface area contributed by atoms with Crippen LogP contribution in [0.3, 0.4) is 0 Å². The van der Waals surface area contributed by atoms with Crippen LogP contribution >= 0.6 is 0 Å². The van der Waals surface area contributed by atoms with Gasteiger partial charge in [-0.05, 0) is 44.9 Å². The van der Waals surface area contributed by atoms with Crippen molar-refractivity contribution in [1.29, 1.82) is 0 Å². The number of hydrogen-bond acceptors (Lipinski definition) is 5. The molecule has 0 spiro atoms. The number of nitrogens with zero attached hydrogens (tertiary/aromatic N) is 3. The van der Waals surface area contributed by atoms with Crippen LogP contribution < -0.4 is 5.56 Å². The zero-order valence-corrected chi connectivity index (χ0v) is 14.2. The maximum Gasteiger partial charge on any atom is 0.310 e. The van der Waals surface area contributed by atoms with Crippen molar-refractivity contribution >= 4 is 11.6 Å². The molecule has 24 heavy (non-hydrogen) atoms. The quantitative estimate of drug-likeness (QED) is 0.800. The van der Waals surface area contributed by atoms with Crippen LogP contribution in [0.1, 0.15) is 31.0 Å². The Morgan fingerprint density at radius 3 is 3.04 bits per heavy atom. The molecule has 0 bridgehead atoms. The van der Waals surface area contributed by atoms with Gasteiger partial charge in [0.2, 0.25) is 0 Å². The Kier molecular flexibility index (Phi) is 4.94. The lowest BCUT2D eigenvalue weighted by atomic mass is 9.98. The smallest absolute Gasteiger partial charge is 0.310 e. The van der Waals surface area contributed by atoms with Gasteiger partial charge in [0.15, 0.2) is 0 Å². The molecule has 1 aliphatic heterocycles. The van der Waals surface area contributed by atoms with Crippen LogP contribution in [-0.2, 0) is 16.1 Å². The molecule has 0 amide bonds. The number of fused-ring (bicyclic) bond motifs is 1. The van der Waals surface area contributed by atoms with Crippen LogP contribution in [-0.4, -0.2) is 40.0 Å². The summed E-state index contributed by atoms with van der Waals surface area (Å²) >= 11 is 0. The van der Waals surface area contributed by atoms with Crippen molar-refractivity contribution in [1.82, 2.24) is 14.3 Å². The van der Waals surface area contributed by atoms with E-state index in [0.717, 1.165) is 30.6 Å². The van der Waals surface area contributed by atoms with E-state index in [2.05, 4.69) is 9.88 Å². The van der Waals surface area contributed by atoms with Crippen LogP contribution in [0.2, 0.25) is 0 Å². The highest BCUT2D eigenvalue weighted by molar-refractivity contribution is 5.72. The summed E-state index contributed by atoms with van der Waals surface area (Å²) in [4.78, 5) is 31.0. The number of ether oxygens (including phenoxy) is 1. The van der Waals surface area contributed by atoms with Gasteiger partial charge in [-0.25, -0.2) is 4.98 Å². The molecule has 2 aromatic rings. The Hall–Kier alpha value is -2.21. The number of aromatic nitrogens is 2. The molecule has 3 heterocycles. The van der Waals surface area contributed by atoms with E-state index in [9.17, 15) is 9.59 Å². The molecule has 2 aromatic heterocycles. The van der Waals surface area contributed by atoms with E-state index in [1.165, 1.54) is 0 Å². The van der Waals surface area contributed by atoms with Crippen molar-refractivity contribution in [2.45, 2.75) is 33.2 Å². The summed E-state index contributed by atoms with van der Waals surface area (Å²) in [6.07, 6.45) is 3.61. The molecule has 0 saturated carbocycles. The molecule has 6 heteroatoms. The van der Waals surface area contributed by atoms with Gasteiger partial charge in [0.1, 0.15) is 5.65 Å². The first-order valence-corrected chi connectivity index (χ1v) is 8.44. The van der Waals surface area contributed by atoms with Crippen LogP contribution in [0.15, 0.2) is 29.2 Å². The SMILES string of the molecule is CCOC(=O)C1CCCN(Cc2cc(=O)n3cc(C)ccc3n2)C1. The van der Waals surface area contributed by atoms with Gasteiger partial charge >= 0.3 is 5.97 Å². The van der Waals surface area contributed by atoms with E-state index in [-0.39, 0.29) is 17.4 Å². The average Bonchev–Trinajstić information content (AvgIpc) is 2.56. The molecular formula is C18H23N3O3. The Morgan fingerprint density at radius 1 is 1.42 bits per heavy atom. The zero-order valence-electron chi connectivity index (χ0n) is 14.2. The maximum atomic E-state index is 12.3. The fraction of sp³-hybridized carbons (Fsp3) is 0.500. The van der Waals surface area contributed by atoms with E-state index >= 15 is 0 Å². The normalized spacial score (nSPS) is 18.7. The molecular weight excluding hydrogens is 306 g/mol. The maximum absolute atomic E-state index is 12.3. The summed E-state index contributed by atoms with van der Waals surface area (Å²) in [6, 6.07) is 5.39. The van der Waals surface area contributed by atoms with Crippen LogP contribution in [0.5, 0.6) is 0 Å². The number of carbonyl (C=O) groups excluding carboxylic acids is 1. The third-order valence-corrected chi connectivity index (χ3v) is 4.37. The minimum Gasteiger partial charge on any atom is -0.466 e. The average molecular weight is 329 g/mol. The van der Waals surface area contributed by atoms with Crippen LogP contribution in [0, 0.1) is 12.8 Å². The molecule has 0 aliphatic carbocycles. The number of esters is 1. The highest BCUT2D eigenvalue weighted by Crippen LogP contribution is 2.19. The molecule has 1 atom stereocenters. The molecule has 0 aromatic carbocycles. The third kappa shape index (κ3) is 3.64. The van der Waals surface area contributed by atoms with Crippen molar-refractivity contribution in [3.05, 3.63) is 46.0 Å². The van der Waals surface area contributed by atoms with Gasteiger partial charge in [0.25, 0.3) is 5.56 Å². The summed E-state index contributed by atoms with van der Waals surface area (Å²) in [7, 11) is 0. The highest BCUT2D eigenvalue weighted by atomic mass is 16.5. The second-order valence-corrected chi connectivity index (χ2v) is 6.35. The minimum absolute atomic E-state index is 0.0716. The number of piperidine rings is 1. The number of aryl methyl sites for hydroxylation is 1. The molecule has 1 saturated heterocycles. The Morgan fingerprint density at radius 2 is 2.25 bits per heavy atom. The van der Waals surface area contributed by atoms with E-state index in [1.54, 1.807) is 16.7 Å². The van der Waals surface area contributed by atoms with E-state index in [1.807, 2.05) is 26.0 Å². The van der Waals surface area contributed by atoms with Crippen LogP contribution in [0.25, 0.3) is 5.65 Å². The van der Waals surface area contributed by atoms with Crippen LogP contribution in [0.4, 0.5) is 0 Å². The van der Waals surface area contributed by atoms with Crippen molar-refractivity contribution in [3.8, 4) is 0 Å². The summed E-state index contributed by atoms with van der Waals surface area (Å²) in [5, 5.41) is 0. The van der Waals surface area contributed by atoms with Gasteiger partial charge in [0, 0.05) is 25.4 Å². The van der Waals surface area contributed by atoms with E-state index in [4.69, 9.17) is 4.74 Å². The largest absolute Gasteiger partial charge is 0.466 e. The summed E-state index contributed by atoms with van der Waals surface area (Å²) in [5.41, 5.74) is 2.35. The standard InChI is InChI=1S/C18H23N3O3/c1-3-24-18(23)14-5-4-8-20(11-14)12-15-9-17(22)21-10-13(2)6-7-16(21)19-15/h6-7,9-10,14H,3-5,8,11-12H2,1-2H3. The van der Waals surface area contributed by atoms with E-state index in [0.29, 0.717) is 25.3 Å². The second-order valence-electron chi connectivity index (χ2n) is 6.35. The lowest BCUT2D eigenvalue weighted by Crippen LogP contribution is -2.39. The van der Waals surface area contributed by atoms with Gasteiger partial charge in [-0.1, -0.05) is 6.07 Å². The van der Waals surface area contributed by atoms with Gasteiger partial charge < -0.3 is 4.74 Å². The van der Waals surface area contributed by atoms with E-state index < -0.39 is 0 Å². The predicted octanol–water partition coefficient (Wildman–Crippen LogP) is 1.78. The minimum atomic E-state index is -0.121. The molecule has 1 fully saturated rings. The first kappa shape index (κ1) is 16.6. The third-order valence-electron chi connectivity index (χ3n) is 4.37. The van der Waals surface area contributed by atoms with Gasteiger partial charge in [-0.15, -0.1) is 0 Å². The number of rotatable bonds is 4. The zero-order chi connectivity index (χ0) is 17.1. The van der Waals surface area contributed by atoms with Gasteiger partial charge in [0.05, 0.1) is 18.2 Å². The number of likely N-dealkylation sites (tertiary alicyclic amines) is 1. The first-order chi connectivity index (χ1) is 11.6. The fourth-order valence-electron chi connectivity index (χ4n) is 3.22. The number of hydrogen-bond donors (Lipinski definition) is 0. The fourth-order valence-corrected chi connectivity index (χ4v) is 3.22. The number of carbonyl (C=O) groups is 1. The lowest BCUT2D eigenvalue weighted by Gasteiger charge is -2.31. The summed E-state index contributed by atoms with van der Waals surface area (Å²) in [6.45, 7) is 6.33. The molecule has 1 unspecified atom stereocenters. The predicted molar refractivity (Wildman–Crippen MR) is 90.8 cm³/mol. The van der Waals surface area contributed by atoms with Gasteiger partial charge in [-0.3, -0.25) is 18.9 Å². The monoisotopic (exact) mass is 329 g/mol. The first-order valence-electron chi connectivity index (χ1n) is 8.44. The number of pyridine rings is 1. The Bertz CT molecular complexity index is 800. The molecule has 1 aliphatic rings. The second kappa shape index (κ2) is 7.13. The van der Waals surface area contributed by atoms with Crippen molar-refractivity contribution in [2.24, 2.45) is 5.92 Å². The van der Waals surface area contributed by atoms with Crippen molar-refractivity contribution in [3.63, 3.8) is 0 Å². The molecule has 0 N–H and O–H groups in total. The topological polar surface area (TPSA) is 63.9 Å².